The minimum Gasteiger partial charge on any atom is -0.318 e. The number of anilines is 2. The minimum atomic E-state index is -0.0735. The summed E-state index contributed by atoms with van der Waals surface area (Å²) in [6, 6.07) is 32.5. The van der Waals surface area contributed by atoms with Crippen LogP contribution in [0.15, 0.2) is 115 Å². The Bertz CT molecular complexity index is 1550. The van der Waals surface area contributed by atoms with Gasteiger partial charge in [0.05, 0.1) is 17.1 Å². The van der Waals surface area contributed by atoms with E-state index in [1.807, 2.05) is 0 Å². The highest BCUT2D eigenvalue weighted by Gasteiger charge is 2.46. The summed E-state index contributed by atoms with van der Waals surface area (Å²) in [5, 5.41) is 2.50. The molecular formula is C30H23N3. The van der Waals surface area contributed by atoms with Crippen LogP contribution in [0.2, 0.25) is 0 Å². The first-order chi connectivity index (χ1) is 16.3. The van der Waals surface area contributed by atoms with Gasteiger partial charge in [0, 0.05) is 21.9 Å². The fourth-order valence-electron chi connectivity index (χ4n) is 5.72. The molecule has 0 fully saturated rings. The monoisotopic (exact) mass is 425 g/mol. The molecule has 3 aromatic carbocycles. The van der Waals surface area contributed by atoms with E-state index < -0.39 is 0 Å². The van der Waals surface area contributed by atoms with Crippen LogP contribution in [0.5, 0.6) is 0 Å². The van der Waals surface area contributed by atoms with Crippen molar-refractivity contribution < 1.29 is 0 Å². The summed E-state index contributed by atoms with van der Waals surface area (Å²) in [5.74, 6) is 1.90. The maximum absolute atomic E-state index is 5.25. The van der Waals surface area contributed by atoms with Crippen LogP contribution in [0.3, 0.4) is 0 Å². The van der Waals surface area contributed by atoms with Crippen LogP contribution < -0.4 is 4.90 Å². The predicted octanol–water partition coefficient (Wildman–Crippen LogP) is 7.08. The minimum absolute atomic E-state index is 0.0735. The molecule has 0 saturated carbocycles. The fraction of sp³-hybridized carbons (Fsp3) is 0.100. The summed E-state index contributed by atoms with van der Waals surface area (Å²) in [4.78, 5) is 7.64. The largest absolute Gasteiger partial charge is 0.318 e. The predicted molar refractivity (Wildman–Crippen MR) is 137 cm³/mol. The van der Waals surface area contributed by atoms with Crippen molar-refractivity contribution in [3.8, 4) is 5.82 Å². The maximum Gasteiger partial charge on any atom is 0.140 e. The normalized spacial score (nSPS) is 21.0. The van der Waals surface area contributed by atoms with Gasteiger partial charge in [-0.1, -0.05) is 85.0 Å². The van der Waals surface area contributed by atoms with Gasteiger partial charge < -0.3 is 4.90 Å². The van der Waals surface area contributed by atoms with Gasteiger partial charge in [-0.05, 0) is 42.8 Å². The third-order valence-electron chi connectivity index (χ3n) is 7.26. The zero-order chi connectivity index (χ0) is 22.0. The molecule has 3 nitrogen and oxygen atoms in total. The number of nitrogens with zero attached hydrogens (tertiary/aromatic N) is 3. The van der Waals surface area contributed by atoms with E-state index in [2.05, 4.69) is 132 Å². The molecule has 3 heterocycles. The van der Waals surface area contributed by atoms with E-state index in [9.17, 15) is 0 Å². The van der Waals surface area contributed by atoms with Gasteiger partial charge in [0.2, 0.25) is 0 Å². The molecule has 33 heavy (non-hydrogen) atoms. The van der Waals surface area contributed by atoms with Crippen molar-refractivity contribution in [2.24, 2.45) is 0 Å². The molecule has 0 bridgehead atoms. The molecule has 3 heteroatoms. The Morgan fingerprint density at radius 1 is 0.697 bits per heavy atom. The van der Waals surface area contributed by atoms with E-state index in [1.54, 1.807) is 0 Å². The van der Waals surface area contributed by atoms with E-state index in [0.717, 1.165) is 11.6 Å². The van der Waals surface area contributed by atoms with Gasteiger partial charge >= 0.3 is 0 Å². The third-order valence-corrected chi connectivity index (χ3v) is 7.26. The molecule has 0 saturated heterocycles. The number of hydrogen-bond acceptors (Lipinski definition) is 2. The van der Waals surface area contributed by atoms with Crippen molar-refractivity contribution >= 4 is 33.3 Å². The molecule has 1 aliphatic carbocycles. The molecule has 1 aliphatic heterocycles. The first-order valence-corrected chi connectivity index (χ1v) is 11.5. The topological polar surface area (TPSA) is 21.1 Å². The smallest absolute Gasteiger partial charge is 0.140 e. The Hall–Kier alpha value is -4.11. The van der Waals surface area contributed by atoms with Crippen molar-refractivity contribution in [1.29, 1.82) is 0 Å². The van der Waals surface area contributed by atoms with Gasteiger partial charge in [-0.2, -0.15) is 0 Å². The van der Waals surface area contributed by atoms with Gasteiger partial charge in [-0.25, -0.2) is 4.98 Å². The number of aromatic nitrogens is 2. The van der Waals surface area contributed by atoms with Crippen molar-refractivity contribution in [2.75, 3.05) is 4.90 Å². The number of fused-ring (bicyclic) bond motifs is 6. The molecule has 2 atom stereocenters. The van der Waals surface area contributed by atoms with Crippen LogP contribution in [0.4, 0.5) is 11.5 Å². The Kier molecular flexibility index (Phi) is 3.74. The molecule has 7 rings (SSSR count). The van der Waals surface area contributed by atoms with Gasteiger partial charge in [-0.3, -0.25) is 4.57 Å². The van der Waals surface area contributed by atoms with E-state index in [4.69, 9.17) is 4.98 Å². The highest BCUT2D eigenvalue weighted by molar-refractivity contribution is 6.09. The van der Waals surface area contributed by atoms with Gasteiger partial charge in [0.25, 0.3) is 0 Å². The highest BCUT2D eigenvalue weighted by atomic mass is 15.3. The molecule has 5 aromatic rings. The van der Waals surface area contributed by atoms with Gasteiger partial charge in [-0.15, -0.1) is 0 Å². The van der Waals surface area contributed by atoms with Crippen molar-refractivity contribution in [2.45, 2.75) is 18.4 Å². The number of hydrogen-bond donors (Lipinski definition) is 0. The molecule has 2 aliphatic rings. The van der Waals surface area contributed by atoms with Crippen molar-refractivity contribution in [3.05, 3.63) is 121 Å². The van der Waals surface area contributed by atoms with Crippen molar-refractivity contribution in [1.82, 2.24) is 9.55 Å². The zero-order valence-corrected chi connectivity index (χ0v) is 18.4. The van der Waals surface area contributed by atoms with Gasteiger partial charge in [0.1, 0.15) is 11.6 Å². The Morgan fingerprint density at radius 3 is 2.15 bits per heavy atom. The van der Waals surface area contributed by atoms with Crippen LogP contribution >= 0.6 is 0 Å². The lowest BCUT2D eigenvalue weighted by molar-refractivity contribution is 0.548. The molecule has 2 aromatic heterocycles. The van der Waals surface area contributed by atoms with E-state index >= 15 is 0 Å². The summed E-state index contributed by atoms with van der Waals surface area (Å²) in [7, 11) is 0. The first kappa shape index (κ1) is 18.5. The summed E-state index contributed by atoms with van der Waals surface area (Å²) < 4.78 is 2.28. The summed E-state index contributed by atoms with van der Waals surface area (Å²) in [5.41, 5.74) is 4.86. The van der Waals surface area contributed by atoms with Crippen LogP contribution in [0.25, 0.3) is 27.6 Å². The average Bonchev–Trinajstić information content (AvgIpc) is 3.34. The van der Waals surface area contributed by atoms with Crippen LogP contribution in [0, 0.1) is 0 Å². The Morgan fingerprint density at radius 2 is 1.36 bits per heavy atom. The lowest BCUT2D eigenvalue weighted by Gasteiger charge is -2.34. The summed E-state index contributed by atoms with van der Waals surface area (Å²) in [6.07, 6.45) is 8.95. The SMILES string of the molecule is CC12C=CC=CC1N(c1cccc(-n3c4ccccc4c4ccccc43)n1)c1ccccc12. The quantitative estimate of drug-likeness (QED) is 0.301. The second-order valence-electron chi connectivity index (χ2n) is 9.08. The summed E-state index contributed by atoms with van der Waals surface area (Å²) >= 11 is 0. The molecule has 0 N–H and O–H groups in total. The highest BCUT2D eigenvalue weighted by Crippen LogP contribution is 2.50. The average molecular weight is 426 g/mol. The molecule has 0 radical (unpaired) electrons. The van der Waals surface area contributed by atoms with Crippen LogP contribution in [-0.2, 0) is 5.41 Å². The number of rotatable bonds is 2. The molecule has 0 amide bonds. The summed E-state index contributed by atoms with van der Waals surface area (Å²) in [6.45, 7) is 2.33. The van der Waals surface area contributed by atoms with Crippen molar-refractivity contribution in [3.63, 3.8) is 0 Å². The van der Waals surface area contributed by atoms with E-state index in [0.29, 0.717) is 0 Å². The second kappa shape index (κ2) is 6.69. The lowest BCUT2D eigenvalue weighted by atomic mass is 9.76. The standard InChI is InChI=1S/C30H23N3/c1-30-20-9-8-17-27(30)33(26-16-7-4-13-23(26)30)29-19-10-18-28(31-29)32-24-14-5-2-11-21(24)22-12-3-6-15-25(22)32/h2-20,27H,1H3. The van der Waals surface area contributed by atoms with Crippen LogP contribution in [0.1, 0.15) is 12.5 Å². The van der Waals surface area contributed by atoms with Crippen LogP contribution in [-0.4, -0.2) is 15.6 Å². The number of benzene rings is 3. The van der Waals surface area contributed by atoms with E-state index in [-0.39, 0.29) is 11.5 Å². The number of allylic oxidation sites excluding steroid dienone is 2. The number of pyridine rings is 1. The fourth-order valence-corrected chi connectivity index (χ4v) is 5.72. The molecule has 0 spiro atoms. The number of para-hydroxylation sites is 3. The Balaban J connectivity index is 1.46. The molecular weight excluding hydrogens is 402 g/mol. The van der Waals surface area contributed by atoms with Gasteiger partial charge in [0.15, 0.2) is 0 Å². The lowest BCUT2D eigenvalue weighted by Crippen LogP contribution is -2.39. The second-order valence-corrected chi connectivity index (χ2v) is 9.08. The zero-order valence-electron chi connectivity index (χ0n) is 18.4. The maximum atomic E-state index is 5.25. The molecule has 158 valence electrons. The Labute approximate surface area is 192 Å². The van der Waals surface area contributed by atoms with E-state index in [1.165, 1.54) is 33.1 Å². The third kappa shape index (κ3) is 2.48. The molecule has 2 unspecified atom stereocenters. The first-order valence-electron chi connectivity index (χ1n) is 11.5.